The molecule has 1 heterocycles. The number of aromatic nitrogens is 2. The molecule has 1 aromatic rings. The maximum atomic E-state index is 11.0. The van der Waals surface area contributed by atoms with Crippen LogP contribution in [0, 0.1) is 0 Å². The number of unbranched alkanes of at least 4 members (excludes halogenated alkanes) is 1. The first-order chi connectivity index (χ1) is 7.42. The molecule has 1 atom stereocenters. The van der Waals surface area contributed by atoms with Gasteiger partial charge < -0.3 is 10.3 Å². The molecule has 2 N–H and O–H groups in total. The van der Waals surface area contributed by atoms with Gasteiger partial charge in [-0.2, -0.15) is 4.98 Å². The molecule has 0 saturated carbocycles. The first kappa shape index (κ1) is 13.1. The van der Waals surface area contributed by atoms with Crippen molar-refractivity contribution in [2.45, 2.75) is 38.0 Å². The minimum Gasteiger partial charge on any atom is -0.338 e. The Bertz CT molecular complexity index is 427. The molecule has 0 fully saturated rings. The molecular weight excluding hydrogens is 230 g/mol. The zero-order chi connectivity index (χ0) is 12.2. The van der Waals surface area contributed by atoms with E-state index in [1.807, 2.05) is 0 Å². The van der Waals surface area contributed by atoms with Crippen molar-refractivity contribution < 1.29 is 12.9 Å². The minimum atomic E-state index is -3.13. The van der Waals surface area contributed by atoms with Crippen molar-refractivity contribution >= 4 is 9.84 Å². The summed E-state index contributed by atoms with van der Waals surface area (Å²) in [5.74, 6) is 0.272. The smallest absolute Gasteiger partial charge is 0.243 e. The lowest BCUT2D eigenvalue weighted by Gasteiger charge is -2.03. The van der Waals surface area contributed by atoms with Gasteiger partial charge in [0.05, 0.1) is 6.04 Å². The Morgan fingerprint density at radius 3 is 2.75 bits per heavy atom. The second kappa shape index (κ2) is 5.40. The molecule has 0 amide bonds. The van der Waals surface area contributed by atoms with Gasteiger partial charge in [0.25, 0.3) is 0 Å². The van der Waals surface area contributed by atoms with E-state index in [1.165, 1.54) is 0 Å². The van der Waals surface area contributed by atoms with E-state index in [4.69, 9.17) is 10.3 Å². The lowest BCUT2D eigenvalue weighted by atomic mass is 10.1. The first-order valence-corrected chi connectivity index (χ1v) is 7.24. The average Bonchev–Trinajstić information content (AvgIpc) is 2.59. The number of hydrogen-bond donors (Lipinski definition) is 1. The maximum Gasteiger partial charge on any atom is 0.243 e. The highest BCUT2D eigenvalue weighted by Gasteiger charge is 2.16. The van der Waals surface area contributed by atoms with Crippen LogP contribution in [0.2, 0.25) is 0 Å². The van der Waals surface area contributed by atoms with Crippen LogP contribution in [0.15, 0.2) is 4.52 Å². The molecule has 1 rings (SSSR count). The number of sulfone groups is 1. The number of rotatable bonds is 6. The van der Waals surface area contributed by atoms with Crippen molar-refractivity contribution in [2.24, 2.45) is 5.73 Å². The zero-order valence-electron chi connectivity index (χ0n) is 9.51. The second-order valence-corrected chi connectivity index (χ2v) is 6.01. The SMILES string of the molecule is CCCC[C@H](N)c1nc(CS(C)(=O)=O)no1. The molecule has 92 valence electrons. The third kappa shape index (κ3) is 4.28. The molecule has 0 saturated heterocycles. The van der Waals surface area contributed by atoms with Gasteiger partial charge in [-0.3, -0.25) is 0 Å². The van der Waals surface area contributed by atoms with Gasteiger partial charge in [0.1, 0.15) is 5.75 Å². The molecule has 6 nitrogen and oxygen atoms in total. The van der Waals surface area contributed by atoms with E-state index in [1.54, 1.807) is 0 Å². The van der Waals surface area contributed by atoms with E-state index in [2.05, 4.69) is 17.1 Å². The van der Waals surface area contributed by atoms with Crippen LogP contribution in [-0.4, -0.2) is 24.8 Å². The summed E-state index contributed by atoms with van der Waals surface area (Å²) in [6, 6.07) is -0.305. The Hall–Kier alpha value is -0.950. The molecule has 0 aromatic carbocycles. The van der Waals surface area contributed by atoms with Crippen LogP contribution in [0.4, 0.5) is 0 Å². The third-order valence-corrected chi connectivity index (χ3v) is 2.84. The van der Waals surface area contributed by atoms with Gasteiger partial charge in [-0.05, 0) is 6.42 Å². The summed E-state index contributed by atoms with van der Waals surface area (Å²) in [6.45, 7) is 2.07. The molecule has 16 heavy (non-hydrogen) atoms. The van der Waals surface area contributed by atoms with Gasteiger partial charge in [0.15, 0.2) is 15.7 Å². The van der Waals surface area contributed by atoms with E-state index < -0.39 is 9.84 Å². The fourth-order valence-corrected chi connectivity index (χ4v) is 1.85. The lowest BCUT2D eigenvalue weighted by molar-refractivity contribution is 0.343. The second-order valence-electron chi connectivity index (χ2n) is 3.87. The summed E-state index contributed by atoms with van der Waals surface area (Å²) >= 11 is 0. The van der Waals surface area contributed by atoms with Crippen LogP contribution in [0.25, 0.3) is 0 Å². The topological polar surface area (TPSA) is 99.1 Å². The lowest BCUT2D eigenvalue weighted by Crippen LogP contribution is -2.11. The average molecular weight is 247 g/mol. The highest BCUT2D eigenvalue weighted by Crippen LogP contribution is 2.15. The molecule has 0 unspecified atom stereocenters. The standard InChI is InChI=1S/C9H17N3O3S/c1-3-4-5-7(10)9-11-8(12-15-9)6-16(2,13)14/h7H,3-6,10H2,1-2H3/t7-/m0/s1. The van der Waals surface area contributed by atoms with Gasteiger partial charge in [0, 0.05) is 6.26 Å². The van der Waals surface area contributed by atoms with Gasteiger partial charge in [-0.25, -0.2) is 8.42 Å². The van der Waals surface area contributed by atoms with Crippen molar-refractivity contribution in [2.75, 3.05) is 6.26 Å². The Kier molecular flexibility index (Phi) is 4.43. The van der Waals surface area contributed by atoms with Gasteiger partial charge in [-0.15, -0.1) is 0 Å². The molecule has 1 aromatic heterocycles. The molecule has 7 heteroatoms. The van der Waals surface area contributed by atoms with Crippen molar-refractivity contribution in [1.82, 2.24) is 10.1 Å². The van der Waals surface area contributed by atoms with E-state index >= 15 is 0 Å². The third-order valence-electron chi connectivity index (χ3n) is 2.06. The van der Waals surface area contributed by atoms with Crippen molar-refractivity contribution in [3.63, 3.8) is 0 Å². The summed E-state index contributed by atoms with van der Waals surface area (Å²) in [5, 5.41) is 3.59. The molecule has 0 radical (unpaired) electrons. The summed E-state index contributed by atoms with van der Waals surface area (Å²) in [5.41, 5.74) is 5.81. The van der Waals surface area contributed by atoms with Gasteiger partial charge in [0.2, 0.25) is 5.89 Å². The zero-order valence-corrected chi connectivity index (χ0v) is 10.3. The van der Waals surface area contributed by atoms with Crippen LogP contribution in [0.5, 0.6) is 0 Å². The highest BCUT2D eigenvalue weighted by atomic mass is 32.2. The van der Waals surface area contributed by atoms with Gasteiger partial charge in [-0.1, -0.05) is 24.9 Å². The predicted molar refractivity (Wildman–Crippen MR) is 59.3 cm³/mol. The van der Waals surface area contributed by atoms with Crippen molar-refractivity contribution in [1.29, 1.82) is 0 Å². The summed E-state index contributed by atoms with van der Waals surface area (Å²) < 4.78 is 26.9. The number of hydrogen-bond acceptors (Lipinski definition) is 6. The van der Waals surface area contributed by atoms with Crippen LogP contribution < -0.4 is 5.73 Å². The predicted octanol–water partition coefficient (Wildman–Crippen LogP) is 0.804. The first-order valence-electron chi connectivity index (χ1n) is 5.18. The van der Waals surface area contributed by atoms with E-state index in [9.17, 15) is 8.42 Å². The van der Waals surface area contributed by atoms with Crippen molar-refractivity contribution in [3.8, 4) is 0 Å². The summed E-state index contributed by atoms with van der Waals surface area (Å²) in [6.07, 6.45) is 3.90. The summed E-state index contributed by atoms with van der Waals surface area (Å²) in [7, 11) is -3.13. The van der Waals surface area contributed by atoms with Crippen molar-refractivity contribution in [3.05, 3.63) is 11.7 Å². The number of nitrogens with two attached hydrogens (primary N) is 1. The normalized spacial score (nSPS) is 13.9. The molecular formula is C9H17N3O3S. The summed E-state index contributed by atoms with van der Waals surface area (Å²) in [4.78, 5) is 3.97. The van der Waals surface area contributed by atoms with Gasteiger partial charge >= 0.3 is 0 Å². The molecule has 0 aliphatic rings. The van der Waals surface area contributed by atoms with Crippen LogP contribution >= 0.6 is 0 Å². The highest BCUT2D eigenvalue weighted by molar-refractivity contribution is 7.89. The monoisotopic (exact) mass is 247 g/mol. The molecule has 0 aliphatic heterocycles. The minimum absolute atomic E-state index is 0.171. The largest absolute Gasteiger partial charge is 0.338 e. The molecule has 0 bridgehead atoms. The molecule has 0 aliphatic carbocycles. The maximum absolute atomic E-state index is 11.0. The van der Waals surface area contributed by atoms with E-state index in [0.717, 1.165) is 25.5 Å². The number of nitrogens with zero attached hydrogens (tertiary/aromatic N) is 2. The Morgan fingerprint density at radius 2 is 2.19 bits per heavy atom. The Balaban J connectivity index is 2.64. The quantitative estimate of drug-likeness (QED) is 0.798. The van der Waals surface area contributed by atoms with Crippen LogP contribution in [-0.2, 0) is 15.6 Å². The molecule has 0 spiro atoms. The Morgan fingerprint density at radius 1 is 1.50 bits per heavy atom. The fraction of sp³-hybridized carbons (Fsp3) is 0.778. The Labute approximate surface area is 95.1 Å². The van der Waals surface area contributed by atoms with E-state index in [0.29, 0.717) is 5.89 Å². The van der Waals surface area contributed by atoms with Crippen LogP contribution in [0.1, 0.15) is 43.9 Å². The fourth-order valence-electron chi connectivity index (χ4n) is 1.26. The van der Waals surface area contributed by atoms with Crippen LogP contribution in [0.3, 0.4) is 0 Å². The van der Waals surface area contributed by atoms with E-state index in [-0.39, 0.29) is 17.6 Å².